The van der Waals surface area contributed by atoms with Crippen LogP contribution < -0.4 is 10.6 Å². The third-order valence-electron chi connectivity index (χ3n) is 3.83. The SMILES string of the molecule is CCc1nncn1CCNC(=NCCOC)NC(CC)c1cccs1.I. The second-order valence-electron chi connectivity index (χ2n) is 5.56. The lowest BCUT2D eigenvalue weighted by atomic mass is 10.2. The molecule has 146 valence electrons. The number of thiophene rings is 1. The van der Waals surface area contributed by atoms with E-state index in [1.807, 2.05) is 0 Å². The number of rotatable bonds is 10. The number of aliphatic imine (C=N–C) groups is 1. The molecule has 26 heavy (non-hydrogen) atoms. The van der Waals surface area contributed by atoms with Gasteiger partial charge in [0.25, 0.3) is 0 Å². The molecular formula is C17H29IN6OS. The number of nitrogens with one attached hydrogen (secondary N) is 2. The van der Waals surface area contributed by atoms with E-state index < -0.39 is 0 Å². The third kappa shape index (κ3) is 7.20. The molecule has 2 N–H and O–H groups in total. The number of methoxy groups -OCH3 is 1. The first kappa shape index (κ1) is 22.8. The van der Waals surface area contributed by atoms with Crippen LogP contribution in [0.25, 0.3) is 0 Å². The average molecular weight is 492 g/mol. The van der Waals surface area contributed by atoms with Crippen LogP contribution >= 0.6 is 35.3 Å². The van der Waals surface area contributed by atoms with E-state index in [1.54, 1.807) is 24.8 Å². The van der Waals surface area contributed by atoms with Gasteiger partial charge in [0.1, 0.15) is 12.2 Å². The summed E-state index contributed by atoms with van der Waals surface area (Å²) in [7, 11) is 1.69. The van der Waals surface area contributed by atoms with Gasteiger partial charge in [0, 0.05) is 31.5 Å². The molecule has 0 bridgehead atoms. The van der Waals surface area contributed by atoms with E-state index in [9.17, 15) is 0 Å². The normalized spacial score (nSPS) is 12.5. The van der Waals surface area contributed by atoms with Crippen molar-refractivity contribution in [1.82, 2.24) is 25.4 Å². The lowest BCUT2D eigenvalue weighted by Gasteiger charge is -2.20. The Morgan fingerprint density at radius 1 is 1.42 bits per heavy atom. The van der Waals surface area contributed by atoms with E-state index in [0.717, 1.165) is 37.7 Å². The molecular weight excluding hydrogens is 463 g/mol. The fourth-order valence-corrected chi connectivity index (χ4v) is 3.33. The van der Waals surface area contributed by atoms with E-state index in [4.69, 9.17) is 4.74 Å². The van der Waals surface area contributed by atoms with Gasteiger partial charge in [-0.25, -0.2) is 0 Å². The average Bonchev–Trinajstić information content (AvgIpc) is 3.30. The van der Waals surface area contributed by atoms with Crippen molar-refractivity contribution in [3.8, 4) is 0 Å². The molecule has 1 unspecified atom stereocenters. The fourth-order valence-electron chi connectivity index (χ4n) is 2.46. The van der Waals surface area contributed by atoms with E-state index in [-0.39, 0.29) is 30.0 Å². The maximum Gasteiger partial charge on any atom is 0.191 e. The predicted molar refractivity (Wildman–Crippen MR) is 117 cm³/mol. The Bertz CT molecular complexity index is 631. The van der Waals surface area contributed by atoms with Crippen molar-refractivity contribution < 1.29 is 4.74 Å². The van der Waals surface area contributed by atoms with Gasteiger partial charge in [-0.15, -0.1) is 45.5 Å². The highest BCUT2D eigenvalue weighted by Gasteiger charge is 2.12. The molecule has 0 aliphatic carbocycles. The zero-order valence-corrected chi connectivity index (χ0v) is 18.8. The van der Waals surface area contributed by atoms with Gasteiger partial charge < -0.3 is 19.9 Å². The van der Waals surface area contributed by atoms with Crippen molar-refractivity contribution in [3.05, 3.63) is 34.5 Å². The monoisotopic (exact) mass is 492 g/mol. The highest BCUT2D eigenvalue weighted by atomic mass is 127. The highest BCUT2D eigenvalue weighted by molar-refractivity contribution is 14.0. The summed E-state index contributed by atoms with van der Waals surface area (Å²) in [4.78, 5) is 5.92. The molecule has 2 heterocycles. The summed E-state index contributed by atoms with van der Waals surface area (Å²) in [6.07, 6.45) is 3.65. The van der Waals surface area contributed by atoms with Crippen LogP contribution in [0.3, 0.4) is 0 Å². The second kappa shape index (κ2) is 13.0. The zero-order valence-electron chi connectivity index (χ0n) is 15.6. The lowest BCUT2D eigenvalue weighted by Crippen LogP contribution is -2.41. The highest BCUT2D eigenvalue weighted by Crippen LogP contribution is 2.21. The minimum absolute atomic E-state index is 0. The van der Waals surface area contributed by atoms with Crippen molar-refractivity contribution in [2.45, 2.75) is 39.3 Å². The first-order chi connectivity index (χ1) is 12.3. The molecule has 2 aromatic rings. The maximum atomic E-state index is 5.11. The largest absolute Gasteiger partial charge is 0.383 e. The summed E-state index contributed by atoms with van der Waals surface area (Å²) in [5.41, 5.74) is 0. The van der Waals surface area contributed by atoms with Gasteiger partial charge in [-0.3, -0.25) is 4.99 Å². The van der Waals surface area contributed by atoms with E-state index in [0.29, 0.717) is 13.2 Å². The van der Waals surface area contributed by atoms with Crippen LogP contribution in [0, 0.1) is 0 Å². The standard InChI is InChI=1S/C17H28N6OS.HI/c1-4-14(15-7-6-12-25-15)21-17(19-9-11-24-3)18-8-10-23-13-20-22-16(23)5-2;/h6-7,12-14H,4-5,8-11H2,1-3H3,(H2,18,19,21);1H. The van der Waals surface area contributed by atoms with Crippen LogP contribution in [0.1, 0.15) is 37.0 Å². The van der Waals surface area contributed by atoms with Gasteiger partial charge in [0.15, 0.2) is 5.96 Å². The third-order valence-corrected chi connectivity index (χ3v) is 4.81. The van der Waals surface area contributed by atoms with Crippen LogP contribution in [0.5, 0.6) is 0 Å². The van der Waals surface area contributed by atoms with E-state index >= 15 is 0 Å². The smallest absolute Gasteiger partial charge is 0.191 e. The Hall–Kier alpha value is -1.20. The van der Waals surface area contributed by atoms with Crippen molar-refractivity contribution in [2.24, 2.45) is 4.99 Å². The Balaban J connectivity index is 0.00000338. The number of guanidine groups is 1. The zero-order chi connectivity index (χ0) is 17.9. The molecule has 0 saturated carbocycles. The number of hydrogen-bond acceptors (Lipinski definition) is 5. The lowest BCUT2D eigenvalue weighted by molar-refractivity contribution is 0.208. The molecule has 0 aromatic carbocycles. The molecule has 0 aliphatic rings. The van der Waals surface area contributed by atoms with Crippen LogP contribution in [-0.2, 0) is 17.7 Å². The van der Waals surface area contributed by atoms with Gasteiger partial charge in [-0.1, -0.05) is 19.9 Å². The summed E-state index contributed by atoms with van der Waals surface area (Å²) in [5, 5.41) is 17.1. The van der Waals surface area contributed by atoms with Gasteiger partial charge in [0.05, 0.1) is 19.2 Å². The molecule has 0 aliphatic heterocycles. The van der Waals surface area contributed by atoms with Gasteiger partial charge in [-0.2, -0.15) is 0 Å². The van der Waals surface area contributed by atoms with E-state index in [1.165, 1.54) is 4.88 Å². The first-order valence-corrected chi connectivity index (χ1v) is 9.60. The Morgan fingerprint density at radius 3 is 2.92 bits per heavy atom. The van der Waals surface area contributed by atoms with Crippen LogP contribution in [0.2, 0.25) is 0 Å². The molecule has 1 atom stereocenters. The Morgan fingerprint density at radius 2 is 2.27 bits per heavy atom. The summed E-state index contributed by atoms with van der Waals surface area (Å²) >= 11 is 1.76. The first-order valence-electron chi connectivity index (χ1n) is 8.72. The molecule has 0 fully saturated rings. The minimum atomic E-state index is 0. The molecule has 0 amide bonds. The topological polar surface area (TPSA) is 76.4 Å². The molecule has 0 spiro atoms. The van der Waals surface area contributed by atoms with Crippen LogP contribution in [0.4, 0.5) is 0 Å². The van der Waals surface area contributed by atoms with Crippen LogP contribution in [0.15, 0.2) is 28.8 Å². The Kier molecular flexibility index (Phi) is 11.5. The van der Waals surface area contributed by atoms with E-state index in [2.05, 4.69) is 61.8 Å². The van der Waals surface area contributed by atoms with Crippen molar-refractivity contribution in [3.63, 3.8) is 0 Å². The molecule has 2 rings (SSSR count). The summed E-state index contributed by atoms with van der Waals surface area (Å²) in [5.74, 6) is 1.81. The minimum Gasteiger partial charge on any atom is -0.383 e. The number of ether oxygens (including phenoxy) is 1. The quantitative estimate of drug-likeness (QED) is 0.231. The molecule has 9 heteroatoms. The fraction of sp³-hybridized carbons (Fsp3) is 0.588. The molecule has 0 saturated heterocycles. The summed E-state index contributed by atoms with van der Waals surface area (Å²) in [6, 6.07) is 4.50. The van der Waals surface area contributed by atoms with Crippen molar-refractivity contribution >= 4 is 41.3 Å². The predicted octanol–water partition coefficient (Wildman–Crippen LogP) is 2.85. The van der Waals surface area contributed by atoms with Gasteiger partial charge in [0.2, 0.25) is 0 Å². The van der Waals surface area contributed by atoms with Gasteiger partial charge >= 0.3 is 0 Å². The van der Waals surface area contributed by atoms with Gasteiger partial charge in [-0.05, 0) is 17.9 Å². The number of nitrogens with zero attached hydrogens (tertiary/aromatic N) is 4. The molecule has 2 aromatic heterocycles. The number of aromatic nitrogens is 3. The number of hydrogen-bond donors (Lipinski definition) is 2. The number of aryl methyl sites for hydroxylation is 1. The maximum absolute atomic E-state index is 5.11. The molecule has 7 nitrogen and oxygen atoms in total. The van der Waals surface area contributed by atoms with Crippen LogP contribution in [-0.4, -0.2) is 47.5 Å². The summed E-state index contributed by atoms with van der Waals surface area (Å²) < 4.78 is 7.17. The van der Waals surface area contributed by atoms with Crippen molar-refractivity contribution in [1.29, 1.82) is 0 Å². The second-order valence-corrected chi connectivity index (χ2v) is 6.54. The number of halogens is 1. The molecule has 0 radical (unpaired) electrons. The Labute approximate surface area is 176 Å². The summed E-state index contributed by atoms with van der Waals surface area (Å²) in [6.45, 7) is 7.05. The van der Waals surface area contributed by atoms with Crippen molar-refractivity contribution in [2.75, 3.05) is 26.8 Å².